The van der Waals surface area contributed by atoms with Crippen LogP contribution >= 0.6 is 0 Å². The van der Waals surface area contributed by atoms with Crippen LogP contribution in [0.3, 0.4) is 0 Å². The number of anilines is 6. The fourth-order valence-corrected chi connectivity index (χ4v) is 6.97. The molecule has 5 aromatic carbocycles. The molecular formula is C38H23N5. The zero-order valence-corrected chi connectivity index (χ0v) is 23.0. The zero-order valence-electron chi connectivity index (χ0n) is 23.0. The third kappa shape index (κ3) is 3.40. The lowest BCUT2D eigenvalue weighted by molar-refractivity contribution is 0.718. The predicted octanol–water partition coefficient (Wildman–Crippen LogP) is 8.77. The molecule has 5 heteroatoms. The first kappa shape index (κ1) is 24.6. The molecule has 5 nitrogen and oxygen atoms in total. The van der Waals surface area contributed by atoms with Gasteiger partial charge in [-0.3, -0.25) is 0 Å². The molecule has 0 unspecified atom stereocenters. The van der Waals surface area contributed by atoms with Crippen molar-refractivity contribution in [1.29, 1.82) is 10.5 Å². The first-order valence-corrected chi connectivity index (χ1v) is 14.1. The highest BCUT2D eigenvalue weighted by molar-refractivity contribution is 5.96. The van der Waals surface area contributed by atoms with Gasteiger partial charge in [-0.2, -0.15) is 10.5 Å². The van der Waals surface area contributed by atoms with Gasteiger partial charge in [-0.25, -0.2) is 4.98 Å². The molecule has 0 amide bonds. The second kappa shape index (κ2) is 9.45. The van der Waals surface area contributed by atoms with Gasteiger partial charge in [0.1, 0.15) is 23.5 Å². The Labute approximate surface area is 249 Å². The largest absolute Gasteiger partial charge is 0.310 e. The van der Waals surface area contributed by atoms with Crippen molar-refractivity contribution in [3.8, 4) is 12.1 Å². The molecule has 1 aromatic heterocycles. The molecule has 0 saturated carbocycles. The number of hydrogen-bond acceptors (Lipinski definition) is 5. The van der Waals surface area contributed by atoms with E-state index in [4.69, 9.17) is 0 Å². The Balaban J connectivity index is 1.51. The van der Waals surface area contributed by atoms with Gasteiger partial charge in [0.25, 0.3) is 0 Å². The quantitative estimate of drug-likeness (QED) is 0.216. The normalized spacial score (nSPS) is 13.6. The zero-order chi connectivity index (χ0) is 29.0. The summed E-state index contributed by atoms with van der Waals surface area (Å²) in [5, 5.41) is 19.5. The summed E-state index contributed by atoms with van der Waals surface area (Å²) < 4.78 is 0. The summed E-state index contributed by atoms with van der Waals surface area (Å²) in [6.45, 7) is 0. The lowest BCUT2D eigenvalue weighted by Gasteiger charge is -2.51. The van der Waals surface area contributed by atoms with Crippen LogP contribution in [0.1, 0.15) is 33.6 Å². The number of benzene rings is 5. The van der Waals surface area contributed by atoms with E-state index in [2.05, 4.69) is 136 Å². The number of para-hydroxylation sites is 5. The third-order valence-corrected chi connectivity index (χ3v) is 8.51. The molecule has 0 aliphatic carbocycles. The summed E-state index contributed by atoms with van der Waals surface area (Å²) in [5.41, 5.74) is 10.4. The first-order chi connectivity index (χ1) is 21.3. The van der Waals surface area contributed by atoms with Gasteiger partial charge in [0.2, 0.25) is 0 Å². The second-order valence-electron chi connectivity index (χ2n) is 10.6. The van der Waals surface area contributed by atoms with Gasteiger partial charge in [0.05, 0.1) is 33.9 Å². The fraction of sp³-hybridized carbons (Fsp3) is 0.0263. The number of aromatic nitrogens is 1. The van der Waals surface area contributed by atoms with Gasteiger partial charge < -0.3 is 9.80 Å². The Morgan fingerprint density at radius 3 is 1.19 bits per heavy atom. The van der Waals surface area contributed by atoms with E-state index in [9.17, 15) is 10.5 Å². The smallest absolute Gasteiger partial charge is 0.144 e. The SMILES string of the molecule is N#Cc1cc(N2c3ccccc3C3(c4ccccc4N(c4ccccc4)c4ccccc43)c3ccccc32)cc(C#N)n1. The Bertz CT molecular complexity index is 2010. The molecular weight excluding hydrogens is 526 g/mol. The standard InChI is InChI=1S/C38H23N5/c39-24-26-22-29(23-27(25-40)41-26)43-36-20-10-6-16-32(36)38(33-17-7-11-21-37(33)43)30-14-4-8-18-34(30)42(28-12-2-1-3-13-28)35-19-9-5-15-31(35)38/h1-23H. The van der Waals surface area contributed by atoms with E-state index < -0.39 is 5.41 Å². The van der Waals surface area contributed by atoms with E-state index >= 15 is 0 Å². The van der Waals surface area contributed by atoms with Crippen LogP contribution in [0, 0.1) is 22.7 Å². The monoisotopic (exact) mass is 549 g/mol. The molecule has 0 saturated heterocycles. The topological polar surface area (TPSA) is 67.0 Å². The Morgan fingerprint density at radius 1 is 0.442 bits per heavy atom. The molecule has 0 atom stereocenters. The van der Waals surface area contributed by atoms with E-state index in [0.717, 1.165) is 45.3 Å². The van der Waals surface area contributed by atoms with Gasteiger partial charge >= 0.3 is 0 Å². The minimum atomic E-state index is -0.634. The van der Waals surface area contributed by atoms with Crippen molar-refractivity contribution in [3.63, 3.8) is 0 Å². The van der Waals surface area contributed by atoms with Crippen LogP contribution in [-0.4, -0.2) is 4.98 Å². The number of hydrogen-bond donors (Lipinski definition) is 0. The van der Waals surface area contributed by atoms with E-state index in [1.54, 1.807) is 12.1 Å². The molecule has 8 rings (SSSR count). The lowest BCUT2D eigenvalue weighted by atomic mass is 9.60. The molecule has 0 N–H and O–H groups in total. The molecule has 1 spiro atoms. The van der Waals surface area contributed by atoms with Crippen molar-refractivity contribution in [1.82, 2.24) is 4.98 Å². The Kier molecular flexibility index (Phi) is 5.41. The molecule has 3 heterocycles. The van der Waals surface area contributed by atoms with E-state index in [-0.39, 0.29) is 11.4 Å². The highest BCUT2D eigenvalue weighted by Gasteiger charge is 2.51. The fourth-order valence-electron chi connectivity index (χ4n) is 6.97. The second-order valence-corrected chi connectivity index (χ2v) is 10.6. The maximum atomic E-state index is 9.76. The summed E-state index contributed by atoms with van der Waals surface area (Å²) in [5.74, 6) is 0. The summed E-state index contributed by atoms with van der Waals surface area (Å²) in [4.78, 5) is 8.72. The maximum Gasteiger partial charge on any atom is 0.144 e. The maximum absolute atomic E-state index is 9.76. The molecule has 0 fully saturated rings. The van der Waals surface area contributed by atoms with Crippen LogP contribution in [0.4, 0.5) is 34.1 Å². The van der Waals surface area contributed by atoms with Crippen molar-refractivity contribution in [3.05, 3.63) is 173 Å². The predicted molar refractivity (Wildman–Crippen MR) is 168 cm³/mol. The number of pyridine rings is 1. The van der Waals surface area contributed by atoms with Gasteiger partial charge in [0.15, 0.2) is 0 Å². The molecule has 0 bridgehead atoms. The molecule has 0 radical (unpaired) electrons. The van der Waals surface area contributed by atoms with Gasteiger partial charge in [-0.15, -0.1) is 0 Å². The van der Waals surface area contributed by atoms with Crippen LogP contribution in [0.25, 0.3) is 0 Å². The van der Waals surface area contributed by atoms with E-state index in [1.165, 1.54) is 11.1 Å². The Hall–Kier alpha value is -6.17. The summed E-state index contributed by atoms with van der Waals surface area (Å²) >= 11 is 0. The summed E-state index contributed by atoms with van der Waals surface area (Å²) in [6.07, 6.45) is 0. The average molecular weight is 550 g/mol. The average Bonchev–Trinajstić information content (AvgIpc) is 3.08. The lowest BCUT2D eigenvalue weighted by Crippen LogP contribution is -2.41. The molecule has 2 aliphatic rings. The van der Waals surface area contributed by atoms with Gasteiger partial charge in [0, 0.05) is 5.69 Å². The molecule has 6 aromatic rings. The van der Waals surface area contributed by atoms with Crippen molar-refractivity contribution in [2.45, 2.75) is 5.41 Å². The highest BCUT2D eigenvalue weighted by Crippen LogP contribution is 2.63. The molecule has 2 aliphatic heterocycles. The Morgan fingerprint density at radius 2 is 0.791 bits per heavy atom. The summed E-state index contributed by atoms with van der Waals surface area (Å²) in [6, 6.07) is 52.6. The minimum Gasteiger partial charge on any atom is -0.310 e. The minimum absolute atomic E-state index is 0.205. The van der Waals surface area contributed by atoms with E-state index in [0.29, 0.717) is 0 Å². The van der Waals surface area contributed by atoms with Crippen LogP contribution in [0.5, 0.6) is 0 Å². The first-order valence-electron chi connectivity index (χ1n) is 14.1. The summed E-state index contributed by atoms with van der Waals surface area (Å²) in [7, 11) is 0. The van der Waals surface area contributed by atoms with Crippen molar-refractivity contribution >= 4 is 34.1 Å². The van der Waals surface area contributed by atoms with Crippen LogP contribution in [0.2, 0.25) is 0 Å². The van der Waals surface area contributed by atoms with Crippen LogP contribution < -0.4 is 9.80 Å². The van der Waals surface area contributed by atoms with Crippen LogP contribution in [0.15, 0.2) is 140 Å². The number of nitriles is 2. The number of nitrogens with zero attached hydrogens (tertiary/aromatic N) is 5. The van der Waals surface area contributed by atoms with Gasteiger partial charge in [-0.1, -0.05) is 91.0 Å². The highest BCUT2D eigenvalue weighted by atomic mass is 15.2. The van der Waals surface area contributed by atoms with Crippen molar-refractivity contribution < 1.29 is 0 Å². The third-order valence-electron chi connectivity index (χ3n) is 8.51. The van der Waals surface area contributed by atoms with Crippen molar-refractivity contribution in [2.75, 3.05) is 9.80 Å². The number of fused-ring (bicyclic) bond motifs is 8. The van der Waals surface area contributed by atoms with Crippen molar-refractivity contribution in [2.24, 2.45) is 0 Å². The molecule has 43 heavy (non-hydrogen) atoms. The van der Waals surface area contributed by atoms with Crippen LogP contribution in [-0.2, 0) is 5.41 Å². The van der Waals surface area contributed by atoms with E-state index in [1.807, 2.05) is 18.2 Å². The number of rotatable bonds is 2. The van der Waals surface area contributed by atoms with Gasteiger partial charge in [-0.05, 0) is 70.8 Å². The molecule has 200 valence electrons.